The van der Waals surface area contributed by atoms with E-state index in [1.165, 1.54) is 19.3 Å². The molecule has 1 unspecified atom stereocenters. The van der Waals surface area contributed by atoms with Gasteiger partial charge in [0.25, 0.3) is 0 Å². The van der Waals surface area contributed by atoms with Gasteiger partial charge in [-0.3, -0.25) is 4.79 Å². The third kappa shape index (κ3) is 2.21. The molecule has 1 rings (SSSR count). The third-order valence-electron chi connectivity index (χ3n) is 3.22. The normalized spacial score (nSPS) is 22.0. The molecule has 0 saturated heterocycles. The molecule has 1 saturated carbocycles. The monoisotopic (exact) mass is 184 g/mol. The van der Waals surface area contributed by atoms with E-state index < -0.39 is 0 Å². The maximum absolute atomic E-state index is 11.0. The number of primary amides is 1. The summed E-state index contributed by atoms with van der Waals surface area (Å²) in [6.07, 6.45) is 5.53. The van der Waals surface area contributed by atoms with E-state index in [9.17, 15) is 4.79 Å². The highest BCUT2D eigenvalue weighted by atomic mass is 16.1. The molecule has 1 aliphatic carbocycles. The van der Waals surface area contributed by atoms with Crippen molar-refractivity contribution in [3.05, 3.63) is 0 Å². The Kier molecular flexibility index (Phi) is 3.31. The van der Waals surface area contributed by atoms with Crippen LogP contribution in [0, 0.1) is 0 Å². The van der Waals surface area contributed by atoms with E-state index in [2.05, 4.69) is 12.2 Å². The van der Waals surface area contributed by atoms with Gasteiger partial charge in [-0.15, -0.1) is 0 Å². The van der Waals surface area contributed by atoms with Crippen LogP contribution in [0.15, 0.2) is 0 Å². The largest absolute Gasteiger partial charge is 0.368 e. The molecule has 13 heavy (non-hydrogen) atoms. The molecular weight excluding hydrogens is 164 g/mol. The summed E-state index contributed by atoms with van der Waals surface area (Å²) in [5.41, 5.74) is 5.50. The molecule has 1 amide bonds. The van der Waals surface area contributed by atoms with Gasteiger partial charge in [-0.1, -0.05) is 13.8 Å². The van der Waals surface area contributed by atoms with Crippen LogP contribution in [-0.4, -0.2) is 17.5 Å². The predicted octanol–water partition coefficient (Wildman–Crippen LogP) is 1.17. The molecule has 0 aromatic heterocycles. The molecule has 0 aliphatic heterocycles. The van der Waals surface area contributed by atoms with Gasteiger partial charge in [0.15, 0.2) is 0 Å². The quantitative estimate of drug-likeness (QED) is 0.674. The molecule has 0 radical (unpaired) electrons. The first-order valence-electron chi connectivity index (χ1n) is 5.20. The van der Waals surface area contributed by atoms with Gasteiger partial charge in [0.1, 0.15) is 0 Å². The van der Waals surface area contributed by atoms with E-state index in [1.54, 1.807) is 0 Å². The number of nitrogens with two attached hydrogens (primary N) is 1. The molecule has 3 nitrogen and oxygen atoms in total. The van der Waals surface area contributed by atoms with E-state index in [0.29, 0.717) is 0 Å². The molecular formula is C10H20N2O. The lowest BCUT2D eigenvalue weighted by atomic mass is 9.74. The van der Waals surface area contributed by atoms with E-state index >= 15 is 0 Å². The Morgan fingerprint density at radius 2 is 2.15 bits per heavy atom. The van der Waals surface area contributed by atoms with Crippen LogP contribution in [0.1, 0.15) is 46.0 Å². The molecule has 3 heteroatoms. The van der Waals surface area contributed by atoms with Crippen molar-refractivity contribution in [2.45, 2.75) is 57.5 Å². The summed E-state index contributed by atoms with van der Waals surface area (Å²) in [5, 5.41) is 3.39. The zero-order valence-corrected chi connectivity index (χ0v) is 8.60. The Bertz CT molecular complexity index is 182. The molecule has 3 N–H and O–H groups in total. The van der Waals surface area contributed by atoms with Gasteiger partial charge in [0.2, 0.25) is 5.91 Å². The molecule has 1 atom stereocenters. The summed E-state index contributed by atoms with van der Waals surface area (Å²) in [6, 6.07) is -0.139. The first-order chi connectivity index (χ1) is 6.13. The fourth-order valence-electron chi connectivity index (χ4n) is 1.95. The minimum atomic E-state index is -0.220. The number of nitrogens with one attached hydrogen (secondary N) is 1. The van der Waals surface area contributed by atoms with E-state index in [4.69, 9.17) is 5.73 Å². The minimum Gasteiger partial charge on any atom is -0.368 e. The lowest BCUT2D eigenvalue weighted by Crippen LogP contribution is -2.57. The van der Waals surface area contributed by atoms with E-state index in [-0.39, 0.29) is 17.5 Å². The first kappa shape index (κ1) is 10.5. The topological polar surface area (TPSA) is 55.1 Å². The summed E-state index contributed by atoms with van der Waals surface area (Å²) in [6.45, 7) is 4.16. The van der Waals surface area contributed by atoms with Gasteiger partial charge in [0, 0.05) is 5.54 Å². The Morgan fingerprint density at radius 1 is 1.54 bits per heavy atom. The maximum Gasteiger partial charge on any atom is 0.234 e. The first-order valence-corrected chi connectivity index (χ1v) is 5.20. The van der Waals surface area contributed by atoms with Crippen LogP contribution in [0.4, 0.5) is 0 Å². The maximum atomic E-state index is 11.0. The standard InChI is InChI=1S/C10H20N2O/c1-3-8(9(11)13)12-10(4-2)6-5-7-10/h8,12H,3-7H2,1-2H3,(H2,11,13). The molecule has 0 spiro atoms. The second-order valence-corrected chi connectivity index (χ2v) is 3.99. The van der Waals surface area contributed by atoms with Crippen molar-refractivity contribution in [1.29, 1.82) is 0 Å². The van der Waals surface area contributed by atoms with Crippen molar-refractivity contribution >= 4 is 5.91 Å². The molecule has 0 heterocycles. The average molecular weight is 184 g/mol. The summed E-state index contributed by atoms with van der Waals surface area (Å²) in [7, 11) is 0. The SMILES string of the molecule is CCC(NC1(CC)CCC1)C(N)=O. The summed E-state index contributed by atoms with van der Waals surface area (Å²) in [4.78, 5) is 11.0. The number of carbonyl (C=O) groups is 1. The highest BCUT2D eigenvalue weighted by molar-refractivity contribution is 5.79. The second kappa shape index (κ2) is 4.09. The fraction of sp³-hybridized carbons (Fsp3) is 0.900. The highest BCUT2D eigenvalue weighted by Gasteiger charge is 2.37. The fourth-order valence-corrected chi connectivity index (χ4v) is 1.95. The summed E-state index contributed by atoms with van der Waals surface area (Å²) in [5.74, 6) is -0.220. The lowest BCUT2D eigenvalue weighted by Gasteiger charge is -2.44. The molecule has 0 bridgehead atoms. The van der Waals surface area contributed by atoms with Crippen LogP contribution in [0.3, 0.4) is 0 Å². The van der Waals surface area contributed by atoms with Crippen LogP contribution in [0.5, 0.6) is 0 Å². The Balaban J connectivity index is 2.48. The molecule has 0 aromatic rings. The van der Waals surface area contributed by atoms with Crippen LogP contribution >= 0.6 is 0 Å². The van der Waals surface area contributed by atoms with Gasteiger partial charge in [-0.05, 0) is 32.1 Å². The number of hydrogen-bond donors (Lipinski definition) is 2. The van der Waals surface area contributed by atoms with Crippen molar-refractivity contribution in [3.63, 3.8) is 0 Å². The minimum absolute atomic E-state index is 0.139. The van der Waals surface area contributed by atoms with Crippen LogP contribution in [-0.2, 0) is 4.79 Å². The Labute approximate surface area is 80.1 Å². The number of carbonyl (C=O) groups excluding carboxylic acids is 1. The van der Waals surface area contributed by atoms with Crippen molar-refractivity contribution in [2.24, 2.45) is 5.73 Å². The Morgan fingerprint density at radius 3 is 2.38 bits per heavy atom. The zero-order chi connectivity index (χ0) is 9.90. The molecule has 0 aromatic carbocycles. The predicted molar refractivity (Wildman–Crippen MR) is 53.3 cm³/mol. The van der Waals surface area contributed by atoms with E-state index in [1.807, 2.05) is 6.92 Å². The smallest absolute Gasteiger partial charge is 0.234 e. The van der Waals surface area contributed by atoms with Gasteiger partial charge in [-0.2, -0.15) is 0 Å². The van der Waals surface area contributed by atoms with Gasteiger partial charge in [0.05, 0.1) is 6.04 Å². The number of hydrogen-bond acceptors (Lipinski definition) is 2. The average Bonchev–Trinajstić information content (AvgIpc) is 2.03. The molecule has 1 fully saturated rings. The zero-order valence-electron chi connectivity index (χ0n) is 8.60. The molecule has 76 valence electrons. The van der Waals surface area contributed by atoms with Gasteiger partial charge >= 0.3 is 0 Å². The van der Waals surface area contributed by atoms with Crippen molar-refractivity contribution in [1.82, 2.24) is 5.32 Å². The van der Waals surface area contributed by atoms with Gasteiger partial charge < -0.3 is 11.1 Å². The summed E-state index contributed by atoms with van der Waals surface area (Å²) < 4.78 is 0. The van der Waals surface area contributed by atoms with Crippen molar-refractivity contribution < 1.29 is 4.79 Å². The van der Waals surface area contributed by atoms with Crippen molar-refractivity contribution in [3.8, 4) is 0 Å². The molecule has 1 aliphatic rings. The van der Waals surface area contributed by atoms with E-state index in [0.717, 1.165) is 12.8 Å². The van der Waals surface area contributed by atoms with Crippen LogP contribution < -0.4 is 11.1 Å². The van der Waals surface area contributed by atoms with Crippen molar-refractivity contribution in [2.75, 3.05) is 0 Å². The van der Waals surface area contributed by atoms with Gasteiger partial charge in [-0.25, -0.2) is 0 Å². The lowest BCUT2D eigenvalue weighted by molar-refractivity contribution is -0.121. The highest BCUT2D eigenvalue weighted by Crippen LogP contribution is 2.35. The van der Waals surface area contributed by atoms with Crippen LogP contribution in [0.25, 0.3) is 0 Å². The number of rotatable bonds is 5. The van der Waals surface area contributed by atoms with Crippen LogP contribution in [0.2, 0.25) is 0 Å². The third-order valence-corrected chi connectivity index (χ3v) is 3.22. The second-order valence-electron chi connectivity index (χ2n) is 3.99. The number of amides is 1. The summed E-state index contributed by atoms with van der Waals surface area (Å²) >= 11 is 0. The Hall–Kier alpha value is -0.570.